The Hall–Kier alpha value is -0.380. The zero-order chi connectivity index (χ0) is 12.9. The Bertz CT molecular complexity index is 290. The predicted octanol–water partition coefficient (Wildman–Crippen LogP) is 2.59. The SMILES string of the molecule is CCOC(=O)C(C1CC1)P(=O)(OCC)OCC. The summed E-state index contributed by atoms with van der Waals surface area (Å²) in [7, 11) is -3.38. The largest absolute Gasteiger partial charge is 0.465 e. The standard InChI is InChI=1S/C11H21O5P/c1-4-14-11(12)10(9-7-8-9)17(13,15-5-2)16-6-3/h9-10H,4-8H2,1-3H3. The van der Waals surface area contributed by atoms with Gasteiger partial charge in [0.1, 0.15) is 0 Å². The number of rotatable bonds is 8. The average Bonchev–Trinajstić information content (AvgIpc) is 3.03. The maximum atomic E-state index is 12.6. The molecule has 1 rings (SSSR count). The molecule has 1 unspecified atom stereocenters. The van der Waals surface area contributed by atoms with Crippen LogP contribution in [0, 0.1) is 5.92 Å². The number of esters is 1. The maximum absolute atomic E-state index is 12.6. The lowest BCUT2D eigenvalue weighted by molar-refractivity contribution is -0.143. The summed E-state index contributed by atoms with van der Waals surface area (Å²) in [5, 5.41) is 0. The lowest BCUT2D eigenvalue weighted by atomic mass is 10.3. The van der Waals surface area contributed by atoms with Crippen molar-refractivity contribution in [3.8, 4) is 0 Å². The highest BCUT2D eigenvalue weighted by molar-refractivity contribution is 7.55. The average molecular weight is 264 g/mol. The number of carbonyl (C=O) groups excluding carboxylic acids is 1. The van der Waals surface area contributed by atoms with Gasteiger partial charge in [0.25, 0.3) is 0 Å². The van der Waals surface area contributed by atoms with Crippen molar-refractivity contribution in [3.05, 3.63) is 0 Å². The van der Waals surface area contributed by atoms with Crippen LogP contribution in [0.5, 0.6) is 0 Å². The van der Waals surface area contributed by atoms with E-state index in [0.29, 0.717) is 0 Å². The monoisotopic (exact) mass is 264 g/mol. The lowest BCUT2D eigenvalue weighted by Crippen LogP contribution is -2.27. The van der Waals surface area contributed by atoms with E-state index in [1.807, 2.05) is 0 Å². The van der Waals surface area contributed by atoms with Crippen LogP contribution < -0.4 is 0 Å². The highest BCUT2D eigenvalue weighted by atomic mass is 31.2. The van der Waals surface area contributed by atoms with Crippen molar-refractivity contribution in [2.45, 2.75) is 39.3 Å². The molecule has 1 aliphatic rings. The van der Waals surface area contributed by atoms with Crippen LogP contribution in [0.4, 0.5) is 0 Å². The summed E-state index contributed by atoms with van der Waals surface area (Å²) in [6.45, 7) is 6.01. The van der Waals surface area contributed by atoms with Crippen LogP contribution in [0.15, 0.2) is 0 Å². The Kier molecular flexibility index (Phi) is 5.63. The highest BCUT2D eigenvalue weighted by Gasteiger charge is 2.51. The Labute approximate surface area is 102 Å². The van der Waals surface area contributed by atoms with Crippen LogP contribution in [0.1, 0.15) is 33.6 Å². The third-order valence-corrected chi connectivity index (χ3v) is 5.11. The van der Waals surface area contributed by atoms with E-state index in [2.05, 4.69) is 0 Å². The summed E-state index contributed by atoms with van der Waals surface area (Å²) < 4.78 is 28.0. The summed E-state index contributed by atoms with van der Waals surface area (Å²) in [6.07, 6.45) is 1.77. The van der Waals surface area contributed by atoms with Crippen LogP contribution in [0.25, 0.3) is 0 Å². The first-order valence-corrected chi connectivity index (χ1v) is 7.75. The Balaban J connectivity index is 2.84. The first-order chi connectivity index (χ1) is 8.09. The molecular weight excluding hydrogens is 243 g/mol. The molecule has 0 bridgehead atoms. The van der Waals surface area contributed by atoms with Gasteiger partial charge in [0.2, 0.25) is 0 Å². The minimum atomic E-state index is -3.38. The molecule has 1 saturated carbocycles. The van der Waals surface area contributed by atoms with Gasteiger partial charge >= 0.3 is 13.6 Å². The van der Waals surface area contributed by atoms with Gasteiger partial charge in [-0.3, -0.25) is 9.36 Å². The molecule has 0 aromatic carbocycles. The molecule has 5 nitrogen and oxygen atoms in total. The molecule has 0 N–H and O–H groups in total. The molecule has 0 saturated heterocycles. The number of ether oxygens (including phenoxy) is 1. The Morgan fingerprint density at radius 3 is 2.06 bits per heavy atom. The van der Waals surface area contributed by atoms with Gasteiger partial charge in [-0.2, -0.15) is 0 Å². The van der Waals surface area contributed by atoms with Crippen molar-refractivity contribution in [2.75, 3.05) is 19.8 Å². The van der Waals surface area contributed by atoms with Gasteiger partial charge in [-0.15, -0.1) is 0 Å². The molecule has 0 spiro atoms. The van der Waals surface area contributed by atoms with Gasteiger partial charge < -0.3 is 13.8 Å². The van der Waals surface area contributed by atoms with Crippen molar-refractivity contribution >= 4 is 13.6 Å². The first-order valence-electron chi connectivity index (χ1n) is 6.14. The van der Waals surface area contributed by atoms with E-state index in [1.165, 1.54) is 0 Å². The van der Waals surface area contributed by atoms with Crippen LogP contribution >= 0.6 is 7.60 Å². The summed E-state index contributed by atoms with van der Waals surface area (Å²) in [5.41, 5.74) is -0.748. The van der Waals surface area contributed by atoms with Gasteiger partial charge in [0.05, 0.1) is 19.8 Å². The molecule has 6 heteroatoms. The summed E-state index contributed by atoms with van der Waals surface area (Å²) in [4.78, 5) is 11.9. The molecule has 0 aliphatic heterocycles. The molecule has 1 aliphatic carbocycles. The fraction of sp³-hybridized carbons (Fsp3) is 0.909. The molecular formula is C11H21O5P. The van der Waals surface area contributed by atoms with Crippen LogP contribution in [-0.4, -0.2) is 31.4 Å². The summed E-state index contributed by atoms with van der Waals surface area (Å²) >= 11 is 0. The summed E-state index contributed by atoms with van der Waals surface area (Å²) in [5.74, 6) is -0.377. The lowest BCUT2D eigenvalue weighted by Gasteiger charge is -2.24. The number of hydrogen-bond donors (Lipinski definition) is 0. The zero-order valence-electron chi connectivity index (χ0n) is 10.7. The molecule has 17 heavy (non-hydrogen) atoms. The fourth-order valence-electron chi connectivity index (χ4n) is 1.78. The second-order valence-corrected chi connectivity index (χ2v) is 6.06. The first kappa shape index (κ1) is 14.7. The van der Waals surface area contributed by atoms with Crippen molar-refractivity contribution in [2.24, 2.45) is 5.92 Å². The molecule has 1 atom stereocenters. The second-order valence-electron chi connectivity index (χ2n) is 3.91. The van der Waals surface area contributed by atoms with Crippen LogP contribution in [-0.2, 0) is 23.1 Å². The maximum Gasteiger partial charge on any atom is 0.345 e. The number of hydrogen-bond acceptors (Lipinski definition) is 5. The molecule has 0 aromatic rings. The minimum Gasteiger partial charge on any atom is -0.465 e. The normalized spacial score (nSPS) is 17.8. The second kappa shape index (κ2) is 6.53. The third kappa shape index (κ3) is 3.80. The van der Waals surface area contributed by atoms with Crippen molar-refractivity contribution in [3.63, 3.8) is 0 Å². The van der Waals surface area contributed by atoms with E-state index in [4.69, 9.17) is 13.8 Å². The molecule has 0 aromatic heterocycles. The van der Waals surface area contributed by atoms with E-state index >= 15 is 0 Å². The molecule has 100 valence electrons. The smallest absolute Gasteiger partial charge is 0.345 e. The number of carbonyl (C=O) groups is 1. The zero-order valence-corrected chi connectivity index (χ0v) is 11.6. The summed E-state index contributed by atoms with van der Waals surface area (Å²) in [6, 6.07) is 0. The Morgan fingerprint density at radius 1 is 1.18 bits per heavy atom. The van der Waals surface area contributed by atoms with Gasteiger partial charge in [-0.05, 0) is 39.5 Å². The van der Waals surface area contributed by atoms with E-state index < -0.39 is 19.2 Å². The fourth-order valence-corrected chi connectivity index (χ4v) is 4.04. The van der Waals surface area contributed by atoms with Gasteiger partial charge in [0, 0.05) is 0 Å². The molecule has 0 amide bonds. The molecule has 1 fully saturated rings. The van der Waals surface area contributed by atoms with Crippen molar-refractivity contribution in [1.82, 2.24) is 0 Å². The minimum absolute atomic E-state index is 0.0815. The quantitative estimate of drug-likeness (QED) is 0.498. The third-order valence-electron chi connectivity index (χ3n) is 2.56. The van der Waals surface area contributed by atoms with Crippen LogP contribution in [0.2, 0.25) is 0 Å². The van der Waals surface area contributed by atoms with E-state index in [1.54, 1.807) is 20.8 Å². The van der Waals surface area contributed by atoms with Gasteiger partial charge in [0.15, 0.2) is 5.66 Å². The molecule has 0 radical (unpaired) electrons. The van der Waals surface area contributed by atoms with E-state index in [-0.39, 0.29) is 25.7 Å². The van der Waals surface area contributed by atoms with E-state index in [0.717, 1.165) is 12.8 Å². The van der Waals surface area contributed by atoms with Gasteiger partial charge in [-0.1, -0.05) is 0 Å². The Morgan fingerprint density at radius 2 is 1.71 bits per heavy atom. The predicted molar refractivity (Wildman–Crippen MR) is 64.0 cm³/mol. The van der Waals surface area contributed by atoms with Crippen molar-refractivity contribution in [1.29, 1.82) is 0 Å². The van der Waals surface area contributed by atoms with Crippen molar-refractivity contribution < 1.29 is 23.1 Å². The van der Waals surface area contributed by atoms with E-state index in [9.17, 15) is 9.36 Å². The topological polar surface area (TPSA) is 61.8 Å². The van der Waals surface area contributed by atoms with Crippen LogP contribution in [0.3, 0.4) is 0 Å². The molecule has 0 heterocycles. The van der Waals surface area contributed by atoms with Gasteiger partial charge in [-0.25, -0.2) is 0 Å². The highest BCUT2D eigenvalue weighted by Crippen LogP contribution is 2.60.